The van der Waals surface area contributed by atoms with E-state index in [-0.39, 0.29) is 12.1 Å². The van der Waals surface area contributed by atoms with Crippen LogP contribution in [0.1, 0.15) is 42.9 Å². The van der Waals surface area contributed by atoms with Gasteiger partial charge in [0, 0.05) is 30.9 Å². The summed E-state index contributed by atoms with van der Waals surface area (Å²) in [4.78, 5) is 22.4. The van der Waals surface area contributed by atoms with Crippen molar-refractivity contribution in [2.45, 2.75) is 43.8 Å². The molecule has 0 saturated carbocycles. The first-order valence-electron chi connectivity index (χ1n) is 10.5. The third-order valence-corrected chi connectivity index (χ3v) is 7.01. The van der Waals surface area contributed by atoms with Gasteiger partial charge in [0.15, 0.2) is 0 Å². The fourth-order valence-electron chi connectivity index (χ4n) is 5.64. The molecule has 28 heavy (non-hydrogen) atoms. The highest BCUT2D eigenvalue weighted by Crippen LogP contribution is 2.46. The third kappa shape index (κ3) is 2.98. The quantitative estimate of drug-likeness (QED) is 0.893. The van der Waals surface area contributed by atoms with E-state index in [1.54, 1.807) is 0 Å². The second-order valence-electron chi connectivity index (χ2n) is 8.48. The van der Waals surface area contributed by atoms with Crippen molar-refractivity contribution in [3.8, 4) is 0 Å². The van der Waals surface area contributed by atoms with Crippen LogP contribution in [0.3, 0.4) is 0 Å². The van der Waals surface area contributed by atoms with Crippen LogP contribution in [0.15, 0.2) is 54.9 Å². The molecule has 1 aromatic heterocycles. The number of urea groups is 1. The van der Waals surface area contributed by atoms with E-state index in [4.69, 9.17) is 0 Å². The summed E-state index contributed by atoms with van der Waals surface area (Å²) in [6.07, 6.45) is 6.23. The molecule has 4 fully saturated rings. The number of aromatic nitrogens is 1. The van der Waals surface area contributed by atoms with Crippen LogP contribution in [0.2, 0.25) is 0 Å². The Balaban J connectivity index is 1.40. The van der Waals surface area contributed by atoms with E-state index in [1.165, 1.54) is 31.5 Å². The SMILES string of the molecule is CC(NC(=O)N1CC(c2cccnc2)C2C1C1CCN2CC1)c1ccccc1. The summed E-state index contributed by atoms with van der Waals surface area (Å²) in [5.41, 5.74) is 2.40. The summed E-state index contributed by atoms with van der Waals surface area (Å²) in [5, 5.41) is 3.26. The molecule has 1 aromatic carbocycles. The Morgan fingerprint density at radius 1 is 1.11 bits per heavy atom. The summed E-state index contributed by atoms with van der Waals surface area (Å²) in [6, 6.07) is 15.2. The number of pyridine rings is 1. The topological polar surface area (TPSA) is 48.5 Å². The van der Waals surface area contributed by atoms with Crippen molar-refractivity contribution in [3.63, 3.8) is 0 Å². The zero-order chi connectivity index (χ0) is 19.1. The van der Waals surface area contributed by atoms with E-state index in [2.05, 4.69) is 45.2 Å². The number of hydrogen-bond acceptors (Lipinski definition) is 3. The first-order valence-corrected chi connectivity index (χ1v) is 10.5. The molecule has 2 bridgehead atoms. The number of nitrogens with zero attached hydrogens (tertiary/aromatic N) is 3. The van der Waals surface area contributed by atoms with Crippen LogP contribution < -0.4 is 5.32 Å². The number of benzene rings is 1. The fourth-order valence-corrected chi connectivity index (χ4v) is 5.64. The molecule has 0 radical (unpaired) electrons. The lowest BCUT2D eigenvalue weighted by molar-refractivity contribution is 0.00329. The van der Waals surface area contributed by atoms with Crippen LogP contribution in [-0.2, 0) is 0 Å². The number of likely N-dealkylation sites (tertiary alicyclic amines) is 1. The van der Waals surface area contributed by atoms with Gasteiger partial charge >= 0.3 is 6.03 Å². The minimum Gasteiger partial charge on any atom is -0.331 e. The molecular weight excluding hydrogens is 348 g/mol. The second kappa shape index (κ2) is 7.21. The molecule has 5 heteroatoms. The van der Waals surface area contributed by atoms with Crippen molar-refractivity contribution in [1.29, 1.82) is 0 Å². The van der Waals surface area contributed by atoms with Gasteiger partial charge in [-0.3, -0.25) is 9.88 Å². The van der Waals surface area contributed by atoms with Gasteiger partial charge in [-0.1, -0.05) is 36.4 Å². The Kier molecular flexibility index (Phi) is 4.55. The predicted octanol–water partition coefficient (Wildman–Crippen LogP) is 3.41. The van der Waals surface area contributed by atoms with Crippen LogP contribution in [0.4, 0.5) is 4.79 Å². The van der Waals surface area contributed by atoms with E-state index < -0.39 is 0 Å². The molecule has 4 atom stereocenters. The molecule has 5 heterocycles. The molecule has 5 nitrogen and oxygen atoms in total. The Morgan fingerprint density at radius 2 is 1.89 bits per heavy atom. The van der Waals surface area contributed by atoms with Crippen molar-refractivity contribution in [2.75, 3.05) is 19.6 Å². The van der Waals surface area contributed by atoms with E-state index in [9.17, 15) is 4.79 Å². The van der Waals surface area contributed by atoms with Gasteiger partial charge in [0.05, 0.1) is 12.1 Å². The maximum absolute atomic E-state index is 13.3. The first kappa shape index (κ1) is 17.7. The van der Waals surface area contributed by atoms with Crippen LogP contribution in [0.25, 0.3) is 0 Å². The molecule has 4 aliphatic rings. The molecule has 2 aromatic rings. The van der Waals surface area contributed by atoms with Gasteiger partial charge in [-0.05, 0) is 56.0 Å². The van der Waals surface area contributed by atoms with E-state index in [0.717, 1.165) is 12.1 Å². The zero-order valence-electron chi connectivity index (χ0n) is 16.4. The highest BCUT2D eigenvalue weighted by atomic mass is 16.2. The number of piperidine rings is 3. The molecule has 0 spiro atoms. The Bertz CT molecular complexity index is 819. The summed E-state index contributed by atoms with van der Waals surface area (Å²) in [6.45, 7) is 5.17. The maximum Gasteiger partial charge on any atom is 0.318 e. The smallest absolute Gasteiger partial charge is 0.318 e. The lowest BCUT2D eigenvalue weighted by atomic mass is 9.75. The van der Waals surface area contributed by atoms with Crippen molar-refractivity contribution in [1.82, 2.24) is 20.1 Å². The maximum atomic E-state index is 13.3. The Hall–Kier alpha value is -2.40. The first-order chi connectivity index (χ1) is 13.7. The Morgan fingerprint density at radius 3 is 2.61 bits per heavy atom. The number of carbonyl (C=O) groups is 1. The van der Waals surface area contributed by atoms with Crippen LogP contribution in [0.5, 0.6) is 0 Å². The third-order valence-electron chi connectivity index (χ3n) is 7.01. The largest absolute Gasteiger partial charge is 0.331 e. The molecule has 4 unspecified atom stereocenters. The lowest BCUT2D eigenvalue weighted by Gasteiger charge is -2.51. The van der Waals surface area contributed by atoms with Crippen molar-refractivity contribution in [3.05, 3.63) is 66.0 Å². The molecule has 1 N–H and O–H groups in total. The lowest BCUT2D eigenvalue weighted by Crippen LogP contribution is -2.61. The average molecular weight is 377 g/mol. The van der Waals surface area contributed by atoms with E-state index in [0.29, 0.717) is 23.9 Å². The van der Waals surface area contributed by atoms with Gasteiger partial charge in [0.1, 0.15) is 0 Å². The van der Waals surface area contributed by atoms with Crippen molar-refractivity contribution < 1.29 is 4.79 Å². The molecule has 2 amide bonds. The van der Waals surface area contributed by atoms with Gasteiger partial charge in [-0.15, -0.1) is 0 Å². The number of fused-ring (bicyclic) bond motifs is 2. The number of rotatable bonds is 3. The summed E-state index contributed by atoms with van der Waals surface area (Å²) < 4.78 is 0. The molecular formula is C23H28N4O. The van der Waals surface area contributed by atoms with E-state index >= 15 is 0 Å². The summed E-state index contributed by atoms with van der Waals surface area (Å²) in [7, 11) is 0. The van der Waals surface area contributed by atoms with Crippen LogP contribution >= 0.6 is 0 Å². The van der Waals surface area contributed by atoms with Gasteiger partial charge < -0.3 is 10.2 Å². The minimum atomic E-state index is 0.00526. The molecule has 0 aliphatic carbocycles. The summed E-state index contributed by atoms with van der Waals surface area (Å²) >= 11 is 0. The van der Waals surface area contributed by atoms with Crippen LogP contribution in [-0.4, -0.2) is 52.5 Å². The van der Waals surface area contributed by atoms with Gasteiger partial charge in [0.25, 0.3) is 0 Å². The highest BCUT2D eigenvalue weighted by Gasteiger charge is 2.54. The molecule has 4 saturated heterocycles. The summed E-state index contributed by atoms with van der Waals surface area (Å²) in [5.74, 6) is 0.967. The van der Waals surface area contributed by atoms with Gasteiger partial charge in [-0.25, -0.2) is 4.79 Å². The fraction of sp³-hybridized carbons (Fsp3) is 0.478. The van der Waals surface area contributed by atoms with Gasteiger partial charge in [-0.2, -0.15) is 0 Å². The average Bonchev–Trinajstić information content (AvgIpc) is 3.19. The molecule has 146 valence electrons. The van der Waals surface area contributed by atoms with Crippen molar-refractivity contribution in [2.24, 2.45) is 5.92 Å². The standard InChI is InChI=1S/C23H28N4O/c1-16(17-6-3-2-4-7-17)25-23(28)27-15-20(19-8-5-11-24-14-19)22-21(27)18-9-12-26(22)13-10-18/h2-8,11,14,16,18,20-22H,9-10,12-13,15H2,1H3,(H,25,28). The normalized spacial score (nSPS) is 32.0. The monoisotopic (exact) mass is 376 g/mol. The number of amides is 2. The van der Waals surface area contributed by atoms with E-state index in [1.807, 2.05) is 36.7 Å². The molecule has 4 aliphatic heterocycles. The minimum absolute atomic E-state index is 0.00526. The van der Waals surface area contributed by atoms with Crippen molar-refractivity contribution >= 4 is 6.03 Å². The molecule has 6 rings (SSSR count). The zero-order valence-corrected chi connectivity index (χ0v) is 16.4. The highest BCUT2D eigenvalue weighted by molar-refractivity contribution is 5.76. The van der Waals surface area contributed by atoms with Gasteiger partial charge in [0.2, 0.25) is 0 Å². The van der Waals surface area contributed by atoms with Crippen LogP contribution in [0, 0.1) is 5.92 Å². The number of hydrogen-bond donors (Lipinski definition) is 1. The Labute approximate surface area is 166 Å². The second-order valence-corrected chi connectivity index (χ2v) is 8.48. The number of carbonyl (C=O) groups excluding carboxylic acids is 1. The number of nitrogens with one attached hydrogen (secondary N) is 1. The predicted molar refractivity (Wildman–Crippen MR) is 109 cm³/mol.